The zero-order valence-corrected chi connectivity index (χ0v) is 14.0. The standard InChI is InChI=1S/C15H23NO2S.ClH/c1-4-7-16(11-15(17)18)8-9-19-14-6-5-12(2)13(3)10-14;/h5-6,10H,4,7-9,11H2,1-3H3,(H,17,18);1H. The molecular formula is C15H24ClNO2S. The number of halogens is 1. The minimum Gasteiger partial charge on any atom is -0.480 e. The molecule has 0 aromatic heterocycles. The van der Waals surface area contributed by atoms with E-state index in [9.17, 15) is 4.79 Å². The molecule has 1 rings (SSSR count). The molecule has 0 aliphatic heterocycles. The van der Waals surface area contributed by atoms with Gasteiger partial charge in [-0.05, 0) is 50.1 Å². The van der Waals surface area contributed by atoms with E-state index in [2.05, 4.69) is 39.0 Å². The van der Waals surface area contributed by atoms with Gasteiger partial charge in [0.15, 0.2) is 0 Å². The summed E-state index contributed by atoms with van der Waals surface area (Å²) < 4.78 is 0. The number of carbonyl (C=O) groups is 1. The smallest absolute Gasteiger partial charge is 0.317 e. The van der Waals surface area contributed by atoms with Crippen LogP contribution in [0.4, 0.5) is 0 Å². The van der Waals surface area contributed by atoms with Gasteiger partial charge >= 0.3 is 5.97 Å². The normalized spacial score (nSPS) is 10.4. The first-order valence-corrected chi connectivity index (χ1v) is 7.65. The number of aryl methyl sites for hydroxylation is 2. The van der Waals surface area contributed by atoms with Gasteiger partial charge in [0.05, 0.1) is 6.54 Å². The Hall–Kier alpha value is -0.710. The molecule has 0 heterocycles. The summed E-state index contributed by atoms with van der Waals surface area (Å²) in [6.45, 7) is 8.11. The summed E-state index contributed by atoms with van der Waals surface area (Å²) in [6.07, 6.45) is 0.988. The third kappa shape index (κ3) is 7.17. The second-order valence-corrected chi connectivity index (χ2v) is 5.93. The Balaban J connectivity index is 0.00000361. The molecule has 1 aromatic carbocycles. The van der Waals surface area contributed by atoms with Gasteiger partial charge in [-0.15, -0.1) is 24.2 Å². The fourth-order valence-corrected chi connectivity index (χ4v) is 2.88. The fourth-order valence-electron chi connectivity index (χ4n) is 1.87. The molecular weight excluding hydrogens is 294 g/mol. The van der Waals surface area contributed by atoms with Crippen molar-refractivity contribution in [1.82, 2.24) is 4.90 Å². The van der Waals surface area contributed by atoms with Crippen molar-refractivity contribution >= 4 is 30.1 Å². The number of carboxylic acid groups (broad SMARTS) is 1. The first kappa shape index (κ1) is 19.3. The highest BCUT2D eigenvalue weighted by atomic mass is 35.5. The predicted molar refractivity (Wildman–Crippen MR) is 88.3 cm³/mol. The molecule has 5 heteroatoms. The maximum atomic E-state index is 10.8. The van der Waals surface area contributed by atoms with E-state index >= 15 is 0 Å². The average molecular weight is 318 g/mol. The first-order chi connectivity index (χ1) is 9.02. The van der Waals surface area contributed by atoms with Crippen LogP contribution in [0.2, 0.25) is 0 Å². The quantitative estimate of drug-likeness (QED) is 0.744. The van der Waals surface area contributed by atoms with Gasteiger partial charge in [0.1, 0.15) is 0 Å². The lowest BCUT2D eigenvalue weighted by molar-refractivity contribution is -0.138. The van der Waals surface area contributed by atoms with Gasteiger partial charge in [0.25, 0.3) is 0 Å². The van der Waals surface area contributed by atoms with E-state index in [1.54, 1.807) is 11.8 Å². The molecule has 1 N–H and O–H groups in total. The van der Waals surface area contributed by atoms with E-state index in [1.165, 1.54) is 16.0 Å². The van der Waals surface area contributed by atoms with Crippen LogP contribution in [0.1, 0.15) is 24.5 Å². The molecule has 0 saturated heterocycles. The molecule has 0 spiro atoms. The van der Waals surface area contributed by atoms with Gasteiger partial charge in [-0.25, -0.2) is 0 Å². The molecule has 0 radical (unpaired) electrons. The number of nitrogens with zero attached hydrogens (tertiary/aromatic N) is 1. The third-order valence-corrected chi connectivity index (χ3v) is 4.03. The van der Waals surface area contributed by atoms with Crippen molar-refractivity contribution in [3.63, 3.8) is 0 Å². The molecule has 114 valence electrons. The summed E-state index contributed by atoms with van der Waals surface area (Å²) in [5, 5.41) is 8.85. The monoisotopic (exact) mass is 317 g/mol. The summed E-state index contributed by atoms with van der Waals surface area (Å²) in [5.74, 6) is 0.181. The zero-order chi connectivity index (χ0) is 14.3. The Morgan fingerprint density at radius 2 is 1.95 bits per heavy atom. The third-order valence-electron chi connectivity index (χ3n) is 3.05. The van der Waals surface area contributed by atoms with Crippen LogP contribution in [-0.4, -0.2) is 41.4 Å². The molecule has 0 fully saturated rings. The molecule has 1 aromatic rings. The van der Waals surface area contributed by atoms with E-state index in [0.29, 0.717) is 0 Å². The molecule has 20 heavy (non-hydrogen) atoms. The molecule has 0 bridgehead atoms. The van der Waals surface area contributed by atoms with E-state index < -0.39 is 5.97 Å². The van der Waals surface area contributed by atoms with Crippen molar-refractivity contribution in [3.05, 3.63) is 29.3 Å². The average Bonchev–Trinajstić information content (AvgIpc) is 2.33. The van der Waals surface area contributed by atoms with Crippen LogP contribution in [0.3, 0.4) is 0 Å². The lowest BCUT2D eigenvalue weighted by Gasteiger charge is -2.19. The summed E-state index contributed by atoms with van der Waals surface area (Å²) in [4.78, 5) is 14.0. The van der Waals surface area contributed by atoms with E-state index in [0.717, 1.165) is 25.3 Å². The predicted octanol–water partition coefficient (Wildman–Crippen LogP) is 3.61. The molecule has 3 nitrogen and oxygen atoms in total. The van der Waals surface area contributed by atoms with Crippen LogP contribution in [0.25, 0.3) is 0 Å². The Morgan fingerprint density at radius 3 is 2.50 bits per heavy atom. The van der Waals surface area contributed by atoms with Crippen molar-refractivity contribution in [1.29, 1.82) is 0 Å². The topological polar surface area (TPSA) is 40.5 Å². The van der Waals surface area contributed by atoms with E-state index in [-0.39, 0.29) is 19.0 Å². The SMILES string of the molecule is CCCN(CCSc1ccc(C)c(C)c1)CC(=O)O.Cl. The number of hydrogen-bond donors (Lipinski definition) is 1. The molecule has 0 aliphatic rings. The number of aliphatic carboxylic acids is 1. The van der Waals surface area contributed by atoms with Crippen LogP contribution in [0.5, 0.6) is 0 Å². The van der Waals surface area contributed by atoms with Crippen LogP contribution in [0.15, 0.2) is 23.1 Å². The molecule has 0 unspecified atom stereocenters. The van der Waals surface area contributed by atoms with Gasteiger partial charge in [-0.3, -0.25) is 9.69 Å². The second kappa shape index (κ2) is 10.1. The summed E-state index contributed by atoms with van der Waals surface area (Å²) >= 11 is 1.79. The molecule has 0 saturated carbocycles. The van der Waals surface area contributed by atoms with Gasteiger partial charge < -0.3 is 5.11 Å². The van der Waals surface area contributed by atoms with Crippen molar-refractivity contribution in [3.8, 4) is 0 Å². The molecule has 0 amide bonds. The lowest BCUT2D eigenvalue weighted by Crippen LogP contribution is -2.32. The minimum atomic E-state index is -0.746. The number of thioether (sulfide) groups is 1. The Kier molecular flexibility index (Phi) is 9.72. The van der Waals surface area contributed by atoms with Crippen LogP contribution in [0, 0.1) is 13.8 Å². The summed E-state index contributed by atoms with van der Waals surface area (Å²) in [5.41, 5.74) is 2.61. The minimum absolute atomic E-state index is 0. The largest absolute Gasteiger partial charge is 0.480 e. The zero-order valence-electron chi connectivity index (χ0n) is 12.4. The lowest BCUT2D eigenvalue weighted by atomic mass is 10.1. The summed E-state index contributed by atoms with van der Waals surface area (Å²) in [7, 11) is 0. The highest BCUT2D eigenvalue weighted by molar-refractivity contribution is 7.99. The fraction of sp³-hybridized carbons (Fsp3) is 0.533. The van der Waals surface area contributed by atoms with E-state index in [1.807, 2.05) is 4.90 Å². The highest BCUT2D eigenvalue weighted by Crippen LogP contribution is 2.21. The Labute approximate surface area is 132 Å². The Bertz CT molecular complexity index is 426. The number of benzene rings is 1. The van der Waals surface area contributed by atoms with Crippen LogP contribution >= 0.6 is 24.2 Å². The maximum Gasteiger partial charge on any atom is 0.317 e. The Morgan fingerprint density at radius 1 is 1.25 bits per heavy atom. The van der Waals surface area contributed by atoms with Gasteiger partial charge in [-0.1, -0.05) is 13.0 Å². The van der Waals surface area contributed by atoms with Crippen molar-refractivity contribution in [2.75, 3.05) is 25.4 Å². The van der Waals surface area contributed by atoms with Crippen molar-refractivity contribution in [2.45, 2.75) is 32.1 Å². The number of rotatable bonds is 8. The maximum absolute atomic E-state index is 10.8. The molecule has 0 aliphatic carbocycles. The van der Waals surface area contributed by atoms with Crippen molar-refractivity contribution in [2.24, 2.45) is 0 Å². The van der Waals surface area contributed by atoms with Gasteiger partial charge in [0, 0.05) is 17.2 Å². The number of carboxylic acids is 1. The summed E-state index contributed by atoms with van der Waals surface area (Å²) in [6, 6.07) is 6.47. The highest BCUT2D eigenvalue weighted by Gasteiger charge is 2.08. The second-order valence-electron chi connectivity index (χ2n) is 4.76. The van der Waals surface area contributed by atoms with Crippen LogP contribution < -0.4 is 0 Å². The van der Waals surface area contributed by atoms with Gasteiger partial charge in [-0.2, -0.15) is 0 Å². The first-order valence-electron chi connectivity index (χ1n) is 6.67. The van der Waals surface area contributed by atoms with Crippen molar-refractivity contribution < 1.29 is 9.90 Å². The molecule has 0 atom stereocenters. The van der Waals surface area contributed by atoms with E-state index in [4.69, 9.17) is 5.11 Å². The number of hydrogen-bond acceptors (Lipinski definition) is 3. The van der Waals surface area contributed by atoms with Crippen LogP contribution in [-0.2, 0) is 4.79 Å². The van der Waals surface area contributed by atoms with Gasteiger partial charge in [0.2, 0.25) is 0 Å².